The fourth-order valence-electron chi connectivity index (χ4n) is 2.45. The molecule has 0 aromatic carbocycles. The molecule has 1 nitrogen and oxygen atoms in total. The Morgan fingerprint density at radius 3 is 2.50 bits per heavy atom. The van der Waals surface area contributed by atoms with Crippen molar-refractivity contribution in [1.29, 1.82) is 0 Å². The molecule has 0 amide bonds. The minimum Gasteiger partial charge on any atom is -0.385 e. The van der Waals surface area contributed by atoms with Crippen LogP contribution in [0.1, 0.15) is 43.6 Å². The lowest BCUT2D eigenvalue weighted by Crippen LogP contribution is -2.22. The van der Waals surface area contributed by atoms with Crippen LogP contribution in [0.2, 0.25) is 0 Å². The molecule has 1 unspecified atom stereocenters. The molecule has 1 N–H and O–H groups in total. The van der Waals surface area contributed by atoms with E-state index in [1.165, 1.54) is 4.88 Å². The summed E-state index contributed by atoms with van der Waals surface area (Å²) in [6, 6.07) is 2.13. The van der Waals surface area contributed by atoms with E-state index in [4.69, 9.17) is 0 Å². The van der Waals surface area contributed by atoms with Crippen LogP contribution < -0.4 is 0 Å². The maximum Gasteiger partial charge on any atom is 0.0910 e. The molecule has 1 aliphatic rings. The van der Waals surface area contributed by atoms with Gasteiger partial charge in [0, 0.05) is 4.88 Å². The third-order valence-corrected chi connectivity index (χ3v) is 4.12. The Kier molecular flexibility index (Phi) is 2.24. The summed E-state index contributed by atoms with van der Waals surface area (Å²) in [7, 11) is 0. The van der Waals surface area contributed by atoms with Crippen LogP contribution in [0.4, 0.5) is 0 Å². The van der Waals surface area contributed by atoms with Crippen molar-refractivity contribution in [3.63, 3.8) is 0 Å². The fraction of sp³-hybridized carbons (Fsp3) is 0.667. The van der Waals surface area contributed by atoms with Crippen LogP contribution in [0.25, 0.3) is 0 Å². The molecule has 2 rings (SSSR count). The molecule has 0 saturated heterocycles. The van der Waals surface area contributed by atoms with E-state index in [0.29, 0.717) is 5.41 Å². The first-order chi connectivity index (χ1) is 6.41. The summed E-state index contributed by atoms with van der Waals surface area (Å²) in [6.45, 7) is 6.58. The molecule has 78 valence electrons. The molecule has 1 aromatic rings. The number of thiophene rings is 1. The van der Waals surface area contributed by atoms with Crippen LogP contribution in [0.15, 0.2) is 11.4 Å². The second kappa shape index (κ2) is 3.07. The zero-order chi connectivity index (χ0) is 10.4. The minimum atomic E-state index is -0.547. The quantitative estimate of drug-likeness (QED) is 0.752. The molecular formula is C12H18OS. The van der Waals surface area contributed by atoms with Gasteiger partial charge in [0.1, 0.15) is 0 Å². The third-order valence-electron chi connectivity index (χ3n) is 3.25. The van der Waals surface area contributed by atoms with E-state index >= 15 is 0 Å². The maximum absolute atomic E-state index is 10.5. The summed E-state index contributed by atoms with van der Waals surface area (Å²) < 4.78 is 0. The van der Waals surface area contributed by atoms with Gasteiger partial charge in [-0.1, -0.05) is 13.8 Å². The molecule has 14 heavy (non-hydrogen) atoms. The van der Waals surface area contributed by atoms with Crippen molar-refractivity contribution >= 4 is 11.3 Å². The fourth-order valence-corrected chi connectivity index (χ4v) is 3.24. The predicted molar refractivity (Wildman–Crippen MR) is 60.6 cm³/mol. The lowest BCUT2D eigenvalue weighted by atomic mass is 9.87. The lowest BCUT2D eigenvalue weighted by Gasteiger charge is -2.24. The van der Waals surface area contributed by atoms with Gasteiger partial charge in [0.2, 0.25) is 0 Å². The monoisotopic (exact) mass is 210 g/mol. The molecule has 1 saturated carbocycles. The summed E-state index contributed by atoms with van der Waals surface area (Å²) in [5, 5.41) is 12.6. The number of hydrogen-bond donors (Lipinski definition) is 1. The average Bonchev–Trinajstić information content (AvgIpc) is 2.57. The molecule has 0 bridgehead atoms. The topological polar surface area (TPSA) is 20.2 Å². The Balaban J connectivity index is 2.27. The summed E-state index contributed by atoms with van der Waals surface area (Å²) in [6.07, 6.45) is 2.94. The van der Waals surface area contributed by atoms with Gasteiger partial charge in [0.25, 0.3) is 0 Å². The number of aryl methyl sites for hydroxylation is 1. The summed E-state index contributed by atoms with van der Waals surface area (Å²) in [5.41, 5.74) is 0.879. The molecule has 1 aromatic heterocycles. The molecule has 1 fully saturated rings. The standard InChI is InChI=1S/C12H18OS/c1-9-6-10(7-14-9)12(13)5-4-11(2,3)8-12/h6-7,13H,4-5,8H2,1-3H3. The molecule has 1 atom stereocenters. The van der Waals surface area contributed by atoms with E-state index in [0.717, 1.165) is 24.8 Å². The summed E-state index contributed by atoms with van der Waals surface area (Å²) in [4.78, 5) is 1.29. The Bertz CT molecular complexity index is 340. The highest BCUT2D eigenvalue weighted by atomic mass is 32.1. The Morgan fingerprint density at radius 2 is 2.07 bits per heavy atom. The van der Waals surface area contributed by atoms with E-state index in [9.17, 15) is 5.11 Å². The van der Waals surface area contributed by atoms with Gasteiger partial charge in [-0.25, -0.2) is 0 Å². The lowest BCUT2D eigenvalue weighted by molar-refractivity contribution is 0.0342. The normalized spacial score (nSPS) is 30.9. The van der Waals surface area contributed by atoms with Crippen molar-refractivity contribution in [3.05, 3.63) is 21.9 Å². The largest absolute Gasteiger partial charge is 0.385 e. The SMILES string of the molecule is Cc1cc(C2(O)CCC(C)(C)C2)cs1. The smallest absolute Gasteiger partial charge is 0.0910 e. The minimum absolute atomic E-state index is 0.296. The van der Waals surface area contributed by atoms with Crippen LogP contribution in [0, 0.1) is 12.3 Å². The first kappa shape index (κ1) is 10.2. The van der Waals surface area contributed by atoms with Crippen LogP contribution in [-0.2, 0) is 5.60 Å². The Hall–Kier alpha value is -0.340. The maximum atomic E-state index is 10.5. The van der Waals surface area contributed by atoms with Crippen molar-refractivity contribution in [2.24, 2.45) is 5.41 Å². The molecule has 2 heteroatoms. The van der Waals surface area contributed by atoms with Gasteiger partial charge in [-0.15, -0.1) is 11.3 Å². The average molecular weight is 210 g/mol. The van der Waals surface area contributed by atoms with Crippen LogP contribution in [0.5, 0.6) is 0 Å². The van der Waals surface area contributed by atoms with Gasteiger partial charge in [0.15, 0.2) is 0 Å². The number of aliphatic hydroxyl groups is 1. The van der Waals surface area contributed by atoms with Crippen molar-refractivity contribution in [2.45, 2.75) is 45.6 Å². The van der Waals surface area contributed by atoms with Gasteiger partial charge < -0.3 is 5.11 Å². The van der Waals surface area contributed by atoms with Crippen molar-refractivity contribution in [2.75, 3.05) is 0 Å². The predicted octanol–water partition coefficient (Wildman–Crippen LogP) is 3.45. The number of rotatable bonds is 1. The highest BCUT2D eigenvalue weighted by molar-refractivity contribution is 7.10. The van der Waals surface area contributed by atoms with Crippen LogP contribution >= 0.6 is 11.3 Å². The molecule has 1 aliphatic carbocycles. The zero-order valence-corrected chi connectivity index (χ0v) is 9.95. The van der Waals surface area contributed by atoms with Crippen LogP contribution in [0.3, 0.4) is 0 Å². The Morgan fingerprint density at radius 1 is 1.36 bits per heavy atom. The van der Waals surface area contributed by atoms with Gasteiger partial charge in [0.05, 0.1) is 5.60 Å². The van der Waals surface area contributed by atoms with E-state index < -0.39 is 5.60 Å². The van der Waals surface area contributed by atoms with E-state index in [-0.39, 0.29) is 0 Å². The molecule has 0 aliphatic heterocycles. The summed E-state index contributed by atoms with van der Waals surface area (Å²) in [5.74, 6) is 0. The van der Waals surface area contributed by atoms with E-state index in [1.807, 2.05) is 0 Å². The van der Waals surface area contributed by atoms with Gasteiger partial charge in [-0.2, -0.15) is 0 Å². The van der Waals surface area contributed by atoms with Crippen molar-refractivity contribution in [3.8, 4) is 0 Å². The molecule has 0 spiro atoms. The first-order valence-corrected chi connectivity index (χ1v) is 6.07. The molecule has 1 heterocycles. The number of hydrogen-bond acceptors (Lipinski definition) is 2. The zero-order valence-electron chi connectivity index (χ0n) is 9.13. The van der Waals surface area contributed by atoms with Crippen LogP contribution in [-0.4, -0.2) is 5.11 Å². The van der Waals surface area contributed by atoms with Crippen molar-refractivity contribution in [1.82, 2.24) is 0 Å². The van der Waals surface area contributed by atoms with Gasteiger partial charge in [-0.05, 0) is 48.6 Å². The molecular weight excluding hydrogens is 192 g/mol. The van der Waals surface area contributed by atoms with Gasteiger partial charge >= 0.3 is 0 Å². The van der Waals surface area contributed by atoms with E-state index in [1.54, 1.807) is 11.3 Å². The highest BCUT2D eigenvalue weighted by Gasteiger charge is 2.43. The van der Waals surface area contributed by atoms with Crippen molar-refractivity contribution < 1.29 is 5.11 Å². The molecule has 0 radical (unpaired) electrons. The second-order valence-corrected chi connectivity index (χ2v) is 6.43. The van der Waals surface area contributed by atoms with Gasteiger partial charge in [-0.3, -0.25) is 0 Å². The highest BCUT2D eigenvalue weighted by Crippen LogP contribution is 2.49. The summed E-state index contributed by atoms with van der Waals surface area (Å²) >= 11 is 1.73. The Labute approximate surface area is 89.8 Å². The third kappa shape index (κ3) is 1.73. The van der Waals surface area contributed by atoms with E-state index in [2.05, 4.69) is 32.2 Å². The first-order valence-electron chi connectivity index (χ1n) is 5.19. The second-order valence-electron chi connectivity index (χ2n) is 5.32.